The van der Waals surface area contributed by atoms with Gasteiger partial charge in [-0.2, -0.15) is 4.31 Å². The van der Waals surface area contributed by atoms with Crippen molar-refractivity contribution >= 4 is 39.1 Å². The van der Waals surface area contributed by atoms with Crippen molar-refractivity contribution in [2.45, 2.75) is 28.4 Å². The summed E-state index contributed by atoms with van der Waals surface area (Å²) in [4.78, 5) is 11.3. The highest BCUT2D eigenvalue weighted by Crippen LogP contribution is 2.34. The van der Waals surface area contributed by atoms with Gasteiger partial charge in [0.15, 0.2) is 0 Å². The Morgan fingerprint density at radius 3 is 2.38 bits per heavy atom. The lowest BCUT2D eigenvalue weighted by Crippen LogP contribution is -2.27. The second-order valence-electron chi connectivity index (χ2n) is 5.91. The van der Waals surface area contributed by atoms with Crippen LogP contribution < -0.4 is 0 Å². The molecule has 0 radical (unpaired) electrons. The Labute approximate surface area is 161 Å². The summed E-state index contributed by atoms with van der Waals surface area (Å²) in [6.45, 7) is 0.923. The molecule has 1 heterocycles. The van der Waals surface area contributed by atoms with Gasteiger partial charge in [0.25, 0.3) is 5.69 Å². The van der Waals surface area contributed by atoms with Crippen LogP contribution in [0.1, 0.15) is 18.4 Å². The van der Waals surface area contributed by atoms with Crippen molar-refractivity contribution < 1.29 is 13.3 Å². The lowest BCUT2D eigenvalue weighted by molar-refractivity contribution is -0.388. The normalized spacial score (nSPS) is 15.3. The molecule has 26 heavy (non-hydrogen) atoms. The Bertz CT molecular complexity index is 911. The van der Waals surface area contributed by atoms with E-state index in [4.69, 9.17) is 11.6 Å². The quantitative estimate of drug-likeness (QED) is 0.401. The molecule has 1 fully saturated rings. The number of nitrogens with zero attached hydrogens (tertiary/aromatic N) is 2. The number of sulfonamides is 1. The Balaban J connectivity index is 1.85. The van der Waals surface area contributed by atoms with E-state index in [0.717, 1.165) is 24.5 Å². The van der Waals surface area contributed by atoms with Crippen LogP contribution in [0.5, 0.6) is 0 Å². The largest absolute Gasteiger partial charge is 0.284 e. The van der Waals surface area contributed by atoms with Crippen LogP contribution in [-0.2, 0) is 15.8 Å². The highest BCUT2D eigenvalue weighted by molar-refractivity contribution is 7.98. The predicted octanol–water partition coefficient (Wildman–Crippen LogP) is 4.33. The number of nitro groups is 1. The fraction of sp³-hybridized carbons (Fsp3) is 0.294. The SMILES string of the molecule is O=[N+]([O-])c1cc(S(=O)(=O)N2CCCC2)ccc1SCc1ccc(Cl)cc1. The molecule has 2 aromatic carbocycles. The average molecular weight is 413 g/mol. The zero-order valence-electron chi connectivity index (χ0n) is 13.8. The molecule has 3 rings (SSSR count). The Morgan fingerprint density at radius 2 is 1.77 bits per heavy atom. The number of nitro benzene ring substituents is 1. The van der Waals surface area contributed by atoms with E-state index in [-0.39, 0.29) is 10.6 Å². The summed E-state index contributed by atoms with van der Waals surface area (Å²) in [5.41, 5.74) is 0.784. The molecule has 1 aliphatic rings. The molecule has 2 aromatic rings. The van der Waals surface area contributed by atoms with E-state index in [1.807, 2.05) is 12.1 Å². The molecule has 0 atom stereocenters. The molecule has 0 unspecified atom stereocenters. The van der Waals surface area contributed by atoms with Crippen molar-refractivity contribution in [2.75, 3.05) is 13.1 Å². The van der Waals surface area contributed by atoms with Crippen molar-refractivity contribution in [3.63, 3.8) is 0 Å². The first kappa shape index (κ1) is 19.2. The van der Waals surface area contributed by atoms with Gasteiger partial charge in [0.05, 0.1) is 14.7 Å². The van der Waals surface area contributed by atoms with Crippen LogP contribution in [0.15, 0.2) is 52.3 Å². The molecule has 1 saturated heterocycles. The van der Waals surface area contributed by atoms with Crippen molar-refractivity contribution in [3.05, 3.63) is 63.2 Å². The van der Waals surface area contributed by atoms with Crippen LogP contribution in [0.2, 0.25) is 5.02 Å². The van der Waals surface area contributed by atoms with Gasteiger partial charge in [-0.25, -0.2) is 8.42 Å². The highest BCUT2D eigenvalue weighted by Gasteiger charge is 2.29. The van der Waals surface area contributed by atoms with Crippen LogP contribution >= 0.6 is 23.4 Å². The topological polar surface area (TPSA) is 80.5 Å². The molecular weight excluding hydrogens is 396 g/mol. The lowest BCUT2D eigenvalue weighted by atomic mass is 10.2. The first-order valence-corrected chi connectivity index (χ1v) is 10.8. The molecule has 138 valence electrons. The molecule has 0 N–H and O–H groups in total. The van der Waals surface area contributed by atoms with Crippen LogP contribution in [0.3, 0.4) is 0 Å². The second-order valence-corrected chi connectivity index (χ2v) is 9.30. The lowest BCUT2D eigenvalue weighted by Gasteiger charge is -2.15. The van der Waals surface area contributed by atoms with Crippen molar-refractivity contribution in [3.8, 4) is 0 Å². The molecular formula is C17H17ClN2O4S2. The van der Waals surface area contributed by atoms with Crippen molar-refractivity contribution in [1.29, 1.82) is 0 Å². The summed E-state index contributed by atoms with van der Waals surface area (Å²) < 4.78 is 26.6. The van der Waals surface area contributed by atoms with E-state index < -0.39 is 14.9 Å². The molecule has 0 aromatic heterocycles. The first-order valence-electron chi connectivity index (χ1n) is 8.04. The average Bonchev–Trinajstić information content (AvgIpc) is 3.16. The summed E-state index contributed by atoms with van der Waals surface area (Å²) >= 11 is 7.15. The Kier molecular flexibility index (Phi) is 5.86. The van der Waals surface area contributed by atoms with Gasteiger partial charge in [0.1, 0.15) is 0 Å². The van der Waals surface area contributed by atoms with Gasteiger partial charge in [-0.15, -0.1) is 11.8 Å². The Hall–Kier alpha value is -1.61. The monoisotopic (exact) mass is 412 g/mol. The predicted molar refractivity (Wildman–Crippen MR) is 102 cm³/mol. The molecule has 0 amide bonds. The maximum absolute atomic E-state index is 12.6. The van der Waals surface area contributed by atoms with E-state index in [1.54, 1.807) is 12.1 Å². The summed E-state index contributed by atoms with van der Waals surface area (Å²) in [5.74, 6) is 0.524. The standard InChI is InChI=1S/C17H17ClN2O4S2/c18-14-5-3-13(4-6-14)12-25-17-8-7-15(11-16(17)20(21)22)26(23,24)19-9-1-2-10-19/h3-8,11H,1-2,9-10,12H2. The van der Waals surface area contributed by atoms with Crippen molar-refractivity contribution in [2.24, 2.45) is 0 Å². The van der Waals surface area contributed by atoms with Crippen LogP contribution in [-0.4, -0.2) is 30.7 Å². The molecule has 0 spiro atoms. The minimum Gasteiger partial charge on any atom is -0.258 e. The second kappa shape index (κ2) is 7.96. The number of hydrogen-bond donors (Lipinski definition) is 0. The third-order valence-electron chi connectivity index (χ3n) is 4.14. The maximum atomic E-state index is 12.6. The van der Waals surface area contributed by atoms with Gasteiger partial charge in [-0.1, -0.05) is 23.7 Å². The van der Waals surface area contributed by atoms with E-state index in [1.165, 1.54) is 28.2 Å². The zero-order chi connectivity index (χ0) is 18.7. The summed E-state index contributed by atoms with van der Waals surface area (Å²) in [6, 6.07) is 11.4. The summed E-state index contributed by atoms with van der Waals surface area (Å²) in [7, 11) is -3.68. The van der Waals surface area contributed by atoms with Gasteiger partial charge < -0.3 is 0 Å². The minimum absolute atomic E-state index is 0.0260. The summed E-state index contributed by atoms with van der Waals surface area (Å²) in [6.07, 6.45) is 1.63. The highest BCUT2D eigenvalue weighted by atomic mass is 35.5. The van der Waals surface area contributed by atoms with E-state index in [0.29, 0.717) is 28.8 Å². The van der Waals surface area contributed by atoms with Crippen LogP contribution in [0.4, 0.5) is 5.69 Å². The fourth-order valence-electron chi connectivity index (χ4n) is 2.74. The minimum atomic E-state index is -3.68. The van der Waals surface area contributed by atoms with E-state index in [2.05, 4.69) is 0 Å². The number of thioether (sulfide) groups is 1. The molecule has 0 bridgehead atoms. The van der Waals surface area contributed by atoms with Gasteiger partial charge in [0, 0.05) is 29.9 Å². The maximum Gasteiger partial charge on any atom is 0.284 e. The van der Waals surface area contributed by atoms with E-state index >= 15 is 0 Å². The molecule has 1 aliphatic heterocycles. The van der Waals surface area contributed by atoms with Crippen LogP contribution in [0, 0.1) is 10.1 Å². The van der Waals surface area contributed by atoms with Gasteiger partial charge in [0.2, 0.25) is 10.0 Å². The van der Waals surface area contributed by atoms with Gasteiger partial charge in [-0.3, -0.25) is 10.1 Å². The Morgan fingerprint density at radius 1 is 1.12 bits per heavy atom. The van der Waals surface area contributed by atoms with Crippen molar-refractivity contribution in [1.82, 2.24) is 4.31 Å². The number of rotatable bonds is 6. The third-order valence-corrected chi connectivity index (χ3v) is 7.42. The van der Waals surface area contributed by atoms with E-state index in [9.17, 15) is 18.5 Å². The van der Waals surface area contributed by atoms with Gasteiger partial charge in [-0.05, 0) is 42.7 Å². The molecule has 9 heteroatoms. The summed E-state index contributed by atoms with van der Waals surface area (Å²) in [5, 5.41) is 12.1. The first-order chi connectivity index (χ1) is 12.4. The number of halogens is 1. The molecule has 0 aliphatic carbocycles. The molecule has 6 nitrogen and oxygen atoms in total. The number of hydrogen-bond acceptors (Lipinski definition) is 5. The smallest absolute Gasteiger partial charge is 0.258 e. The fourth-order valence-corrected chi connectivity index (χ4v) is 5.37. The zero-order valence-corrected chi connectivity index (χ0v) is 16.2. The van der Waals surface area contributed by atoms with Gasteiger partial charge >= 0.3 is 0 Å². The third kappa shape index (κ3) is 4.20. The van der Waals surface area contributed by atoms with Crippen LogP contribution in [0.25, 0.3) is 0 Å². The molecule has 0 saturated carbocycles. The number of benzene rings is 2.